The van der Waals surface area contributed by atoms with Crippen molar-refractivity contribution in [2.24, 2.45) is 0 Å². The number of ketones is 1. The summed E-state index contributed by atoms with van der Waals surface area (Å²) in [6, 6.07) is 11.3. The van der Waals surface area contributed by atoms with E-state index in [-0.39, 0.29) is 11.3 Å². The molecular weight excluding hydrogens is 406 g/mol. The van der Waals surface area contributed by atoms with E-state index in [0.717, 1.165) is 13.1 Å². The van der Waals surface area contributed by atoms with E-state index in [1.807, 2.05) is 0 Å². The van der Waals surface area contributed by atoms with Crippen molar-refractivity contribution >= 4 is 17.4 Å². The Morgan fingerprint density at radius 3 is 2.50 bits per heavy atom. The van der Waals surface area contributed by atoms with E-state index in [1.165, 1.54) is 4.90 Å². The maximum absolute atomic E-state index is 13.0. The van der Waals surface area contributed by atoms with E-state index in [4.69, 9.17) is 4.74 Å². The summed E-state index contributed by atoms with van der Waals surface area (Å²) in [5.41, 5.74) is 1.02. The van der Waals surface area contributed by atoms with Gasteiger partial charge in [0.05, 0.1) is 11.3 Å². The van der Waals surface area contributed by atoms with Gasteiger partial charge in [0.1, 0.15) is 24.2 Å². The average Bonchev–Trinajstić information content (AvgIpc) is 3.08. The molecule has 3 rings (SSSR count). The maximum atomic E-state index is 13.0. The molecule has 0 spiro atoms. The smallest absolute Gasteiger partial charge is 0.295 e. The lowest BCUT2D eigenvalue weighted by atomic mass is 9.98. The van der Waals surface area contributed by atoms with Crippen molar-refractivity contribution in [3.05, 3.63) is 78.1 Å². The molecule has 0 aliphatic carbocycles. The Balaban J connectivity index is 2.00. The minimum atomic E-state index is -0.747. The lowest BCUT2D eigenvalue weighted by Gasteiger charge is -2.27. The number of benzene rings is 1. The molecule has 1 atom stereocenters. The number of likely N-dealkylation sites (tertiary alicyclic amines) is 1. The van der Waals surface area contributed by atoms with Crippen LogP contribution >= 0.6 is 0 Å². The molecule has 2 aromatic rings. The molecule has 0 saturated carbocycles. The lowest BCUT2D eigenvalue weighted by Crippen LogP contribution is -2.38. The second-order valence-electron chi connectivity index (χ2n) is 7.40. The molecular formula is C25H29N3O4. The second kappa shape index (κ2) is 10.7. The normalized spacial score (nSPS) is 17.7. The molecule has 1 aliphatic heterocycles. The highest BCUT2D eigenvalue weighted by molar-refractivity contribution is 6.46. The number of aromatic nitrogens is 1. The van der Waals surface area contributed by atoms with Crippen LogP contribution in [0.4, 0.5) is 0 Å². The first-order valence-corrected chi connectivity index (χ1v) is 10.8. The number of aliphatic hydroxyl groups excluding tert-OH is 1. The zero-order valence-corrected chi connectivity index (χ0v) is 18.5. The van der Waals surface area contributed by atoms with Gasteiger partial charge >= 0.3 is 0 Å². The summed E-state index contributed by atoms with van der Waals surface area (Å²) < 4.78 is 5.48. The Morgan fingerprint density at radius 1 is 1.19 bits per heavy atom. The number of hydrogen-bond acceptors (Lipinski definition) is 6. The fourth-order valence-electron chi connectivity index (χ4n) is 3.76. The van der Waals surface area contributed by atoms with Crippen LogP contribution in [0.15, 0.2) is 66.9 Å². The topological polar surface area (TPSA) is 83.0 Å². The minimum absolute atomic E-state index is 0.0491. The van der Waals surface area contributed by atoms with E-state index in [2.05, 4.69) is 30.3 Å². The fourth-order valence-corrected chi connectivity index (χ4v) is 3.76. The number of rotatable bonds is 10. The predicted octanol–water partition coefficient (Wildman–Crippen LogP) is 3.41. The van der Waals surface area contributed by atoms with E-state index < -0.39 is 17.7 Å². The summed E-state index contributed by atoms with van der Waals surface area (Å²) in [6.45, 7) is 10.8. The van der Waals surface area contributed by atoms with Gasteiger partial charge in [0.25, 0.3) is 11.7 Å². The van der Waals surface area contributed by atoms with Crippen LogP contribution in [-0.4, -0.2) is 64.4 Å². The predicted molar refractivity (Wildman–Crippen MR) is 123 cm³/mol. The first-order chi connectivity index (χ1) is 15.5. The van der Waals surface area contributed by atoms with Crippen molar-refractivity contribution in [3.8, 4) is 5.75 Å². The van der Waals surface area contributed by atoms with E-state index in [1.54, 1.807) is 54.7 Å². The van der Waals surface area contributed by atoms with Crippen LogP contribution < -0.4 is 4.74 Å². The van der Waals surface area contributed by atoms with Gasteiger partial charge in [-0.15, -0.1) is 0 Å². The third kappa shape index (κ3) is 4.89. The number of carbonyl (C=O) groups is 2. The highest BCUT2D eigenvalue weighted by atomic mass is 16.5. The van der Waals surface area contributed by atoms with Crippen LogP contribution in [0.1, 0.15) is 31.1 Å². The molecule has 1 saturated heterocycles. The van der Waals surface area contributed by atoms with Gasteiger partial charge in [-0.2, -0.15) is 0 Å². The second-order valence-corrected chi connectivity index (χ2v) is 7.40. The van der Waals surface area contributed by atoms with Crippen LogP contribution in [0.2, 0.25) is 0 Å². The molecule has 1 N–H and O–H groups in total. The summed E-state index contributed by atoms with van der Waals surface area (Å²) >= 11 is 0. The fraction of sp³-hybridized carbons (Fsp3) is 0.320. The molecule has 0 bridgehead atoms. The van der Waals surface area contributed by atoms with Crippen LogP contribution in [0.25, 0.3) is 5.76 Å². The Kier molecular flexibility index (Phi) is 7.78. The molecule has 2 heterocycles. The number of likely N-dealkylation sites (N-methyl/N-ethyl adjacent to an activating group) is 1. The zero-order valence-electron chi connectivity index (χ0n) is 18.5. The number of Topliss-reactive ketones (excluding diaryl/α,β-unsaturated/α-hetero) is 1. The largest absolute Gasteiger partial charge is 0.507 e. The summed E-state index contributed by atoms with van der Waals surface area (Å²) in [5.74, 6) is -0.938. The first kappa shape index (κ1) is 23.2. The number of pyridine rings is 1. The molecule has 1 aromatic carbocycles. The Morgan fingerprint density at radius 2 is 1.91 bits per heavy atom. The van der Waals surface area contributed by atoms with Gasteiger partial charge in [0.15, 0.2) is 0 Å². The number of aliphatic hydroxyl groups is 1. The lowest BCUT2D eigenvalue weighted by molar-refractivity contribution is -0.140. The Hall–Kier alpha value is -3.45. The van der Waals surface area contributed by atoms with E-state index in [0.29, 0.717) is 36.7 Å². The molecule has 0 unspecified atom stereocenters. The Labute approximate surface area is 188 Å². The molecule has 1 aromatic heterocycles. The van der Waals surface area contributed by atoms with Gasteiger partial charge in [0.2, 0.25) is 0 Å². The van der Waals surface area contributed by atoms with Crippen molar-refractivity contribution < 1.29 is 19.4 Å². The van der Waals surface area contributed by atoms with Crippen LogP contribution in [0, 0.1) is 0 Å². The summed E-state index contributed by atoms with van der Waals surface area (Å²) in [6.07, 6.45) is 3.26. The third-order valence-corrected chi connectivity index (χ3v) is 5.56. The maximum Gasteiger partial charge on any atom is 0.295 e. The van der Waals surface area contributed by atoms with Crippen molar-refractivity contribution in [1.82, 2.24) is 14.8 Å². The number of hydrogen-bond donors (Lipinski definition) is 1. The average molecular weight is 436 g/mol. The van der Waals surface area contributed by atoms with Gasteiger partial charge in [-0.1, -0.05) is 32.6 Å². The number of amides is 1. The summed E-state index contributed by atoms with van der Waals surface area (Å²) in [7, 11) is 0. The number of nitrogens with zero attached hydrogens (tertiary/aromatic N) is 3. The van der Waals surface area contributed by atoms with E-state index in [9.17, 15) is 14.7 Å². The van der Waals surface area contributed by atoms with Crippen LogP contribution in [0.5, 0.6) is 5.75 Å². The van der Waals surface area contributed by atoms with Gasteiger partial charge < -0.3 is 19.6 Å². The quantitative estimate of drug-likeness (QED) is 0.267. The van der Waals surface area contributed by atoms with Gasteiger partial charge in [0, 0.05) is 24.8 Å². The molecule has 1 fully saturated rings. The first-order valence-electron chi connectivity index (χ1n) is 10.8. The minimum Gasteiger partial charge on any atom is -0.507 e. The molecule has 168 valence electrons. The molecule has 7 nitrogen and oxygen atoms in total. The van der Waals surface area contributed by atoms with E-state index >= 15 is 0 Å². The SMILES string of the molecule is C=CCOc1ccc(/C(O)=C2\C(=O)C(=O)N(CCN(CC)CC)[C@H]2c2ccccn2)cc1. The van der Waals surface area contributed by atoms with Crippen molar-refractivity contribution in [1.29, 1.82) is 0 Å². The van der Waals surface area contributed by atoms with Gasteiger partial charge in [-0.3, -0.25) is 14.6 Å². The number of carbonyl (C=O) groups excluding carboxylic acids is 2. The highest BCUT2D eigenvalue weighted by Gasteiger charge is 2.46. The summed E-state index contributed by atoms with van der Waals surface area (Å²) in [5, 5.41) is 11.1. The molecule has 1 amide bonds. The monoisotopic (exact) mass is 435 g/mol. The third-order valence-electron chi connectivity index (χ3n) is 5.56. The van der Waals surface area contributed by atoms with Gasteiger partial charge in [-0.05, 0) is 49.5 Å². The van der Waals surface area contributed by atoms with Crippen LogP contribution in [0.3, 0.4) is 0 Å². The van der Waals surface area contributed by atoms with Crippen LogP contribution in [-0.2, 0) is 9.59 Å². The summed E-state index contributed by atoms with van der Waals surface area (Å²) in [4.78, 5) is 34.0. The number of ether oxygens (including phenoxy) is 1. The molecule has 32 heavy (non-hydrogen) atoms. The van der Waals surface area contributed by atoms with Gasteiger partial charge in [-0.25, -0.2) is 0 Å². The zero-order chi connectivity index (χ0) is 23.1. The highest BCUT2D eigenvalue weighted by Crippen LogP contribution is 2.38. The Bertz CT molecular complexity index is 982. The molecule has 7 heteroatoms. The standard InChI is InChI=1S/C25H29N3O4/c1-4-17-32-19-12-10-18(11-13-19)23(29)21-22(20-9-7-8-14-26-20)28(25(31)24(21)30)16-15-27(5-2)6-3/h4,7-14,22,29H,1,5-6,15-17H2,2-3H3/b23-21+/t22-/m0/s1. The van der Waals surface area contributed by atoms with Crippen molar-refractivity contribution in [2.75, 3.05) is 32.8 Å². The molecule has 1 aliphatic rings. The van der Waals surface area contributed by atoms with Crippen molar-refractivity contribution in [2.45, 2.75) is 19.9 Å². The van der Waals surface area contributed by atoms with Crippen molar-refractivity contribution in [3.63, 3.8) is 0 Å². The molecule has 0 radical (unpaired) electrons.